The van der Waals surface area contributed by atoms with Gasteiger partial charge in [0.15, 0.2) is 5.78 Å². The highest BCUT2D eigenvalue weighted by molar-refractivity contribution is 5.88. The van der Waals surface area contributed by atoms with E-state index in [1.807, 2.05) is 30.3 Å². The molecule has 2 unspecified atom stereocenters. The van der Waals surface area contributed by atoms with Gasteiger partial charge in [-0.2, -0.15) is 0 Å². The van der Waals surface area contributed by atoms with E-state index in [0.717, 1.165) is 50.5 Å². The number of benzene rings is 1. The Morgan fingerprint density at radius 3 is 2.62 bits per heavy atom. The number of hydrogen-bond donors (Lipinski definition) is 1. The molecule has 174 valence electrons. The van der Waals surface area contributed by atoms with Crippen molar-refractivity contribution in [3.8, 4) is 0 Å². The molecule has 5 rings (SSSR count). The topological polar surface area (TPSA) is 63.6 Å². The Balaban J connectivity index is 1.29. The summed E-state index contributed by atoms with van der Waals surface area (Å²) in [5, 5.41) is 10.2. The number of Topliss-reactive ketones (excluding diaryl/α,β-unsaturated/α-hetero) is 2. The van der Waals surface area contributed by atoms with Crippen molar-refractivity contribution in [3.63, 3.8) is 0 Å². The molecule has 0 spiro atoms. The highest BCUT2D eigenvalue weighted by Crippen LogP contribution is 2.66. The summed E-state index contributed by atoms with van der Waals surface area (Å²) < 4.78 is 5.79. The van der Waals surface area contributed by atoms with Gasteiger partial charge in [0.2, 0.25) is 0 Å². The Labute approximate surface area is 192 Å². The van der Waals surface area contributed by atoms with Gasteiger partial charge < -0.3 is 9.84 Å². The van der Waals surface area contributed by atoms with Crippen molar-refractivity contribution < 1.29 is 19.4 Å². The van der Waals surface area contributed by atoms with Crippen molar-refractivity contribution >= 4 is 11.6 Å². The SMILES string of the molecule is C[C@]12CC(=O)[C@H]3[C@@H](CCC4CC(O)CC[C@@]43C)[C@@H]1CC[C@@H]2C(=O)COCc1ccccc1. The number of rotatable bonds is 5. The predicted molar refractivity (Wildman–Crippen MR) is 123 cm³/mol. The quantitative estimate of drug-likeness (QED) is 0.705. The zero-order valence-corrected chi connectivity index (χ0v) is 19.6. The van der Waals surface area contributed by atoms with Crippen molar-refractivity contribution in [3.05, 3.63) is 35.9 Å². The molecular weight excluding hydrogens is 400 g/mol. The first kappa shape index (κ1) is 22.3. The summed E-state index contributed by atoms with van der Waals surface area (Å²) in [6.07, 6.45) is 7.14. The summed E-state index contributed by atoms with van der Waals surface area (Å²) in [6, 6.07) is 9.97. The smallest absolute Gasteiger partial charge is 0.162 e. The second kappa shape index (κ2) is 8.36. The first-order valence-electron chi connectivity index (χ1n) is 12.7. The van der Waals surface area contributed by atoms with Crippen LogP contribution in [0.3, 0.4) is 0 Å². The zero-order valence-electron chi connectivity index (χ0n) is 19.6. The van der Waals surface area contributed by atoms with E-state index >= 15 is 0 Å². The minimum atomic E-state index is -0.219. The molecule has 4 nitrogen and oxygen atoms in total. The average molecular weight is 439 g/mol. The first-order valence-corrected chi connectivity index (χ1v) is 12.7. The fourth-order valence-corrected chi connectivity index (χ4v) is 8.52. The first-order chi connectivity index (χ1) is 15.3. The molecule has 4 saturated carbocycles. The zero-order chi connectivity index (χ0) is 22.5. The van der Waals surface area contributed by atoms with Crippen LogP contribution in [0.2, 0.25) is 0 Å². The highest BCUT2D eigenvalue weighted by Gasteiger charge is 2.63. The van der Waals surface area contributed by atoms with Gasteiger partial charge in [-0.15, -0.1) is 0 Å². The molecule has 32 heavy (non-hydrogen) atoms. The lowest BCUT2D eigenvalue weighted by molar-refractivity contribution is -0.163. The normalized spacial score (nSPS) is 43.3. The van der Waals surface area contributed by atoms with E-state index in [4.69, 9.17) is 4.74 Å². The minimum Gasteiger partial charge on any atom is -0.393 e. The van der Waals surface area contributed by atoms with Gasteiger partial charge in [0.1, 0.15) is 12.4 Å². The predicted octanol–water partition coefficient (Wildman–Crippen LogP) is 4.97. The van der Waals surface area contributed by atoms with Gasteiger partial charge in [-0.25, -0.2) is 0 Å². The highest BCUT2D eigenvalue weighted by atomic mass is 16.5. The van der Waals surface area contributed by atoms with Crippen LogP contribution in [0.5, 0.6) is 0 Å². The van der Waals surface area contributed by atoms with Gasteiger partial charge in [0, 0.05) is 18.3 Å². The van der Waals surface area contributed by atoms with Gasteiger partial charge in [-0.3, -0.25) is 9.59 Å². The number of carbonyl (C=O) groups is 2. The van der Waals surface area contributed by atoms with Crippen LogP contribution in [0.1, 0.15) is 70.8 Å². The third-order valence-corrected chi connectivity index (χ3v) is 10.1. The van der Waals surface area contributed by atoms with E-state index in [2.05, 4.69) is 13.8 Å². The third-order valence-electron chi connectivity index (χ3n) is 10.1. The largest absolute Gasteiger partial charge is 0.393 e. The van der Waals surface area contributed by atoms with Gasteiger partial charge in [0.05, 0.1) is 12.7 Å². The van der Waals surface area contributed by atoms with Crippen molar-refractivity contribution in [1.29, 1.82) is 0 Å². The lowest BCUT2D eigenvalue weighted by Crippen LogP contribution is -2.58. The van der Waals surface area contributed by atoms with Crippen LogP contribution in [0.4, 0.5) is 0 Å². The number of fused-ring (bicyclic) bond motifs is 5. The summed E-state index contributed by atoms with van der Waals surface area (Å²) in [5.41, 5.74) is 0.888. The van der Waals surface area contributed by atoms with Crippen LogP contribution in [-0.2, 0) is 20.9 Å². The molecule has 8 atom stereocenters. The van der Waals surface area contributed by atoms with E-state index in [1.165, 1.54) is 0 Å². The molecule has 4 heteroatoms. The number of hydrogen-bond acceptors (Lipinski definition) is 4. The number of ketones is 2. The second-order valence-corrected chi connectivity index (χ2v) is 11.7. The molecule has 4 aliphatic carbocycles. The molecule has 4 fully saturated rings. The molecule has 0 amide bonds. The molecule has 0 heterocycles. The number of ether oxygens (including phenoxy) is 1. The maximum absolute atomic E-state index is 13.7. The Bertz CT molecular complexity index is 865. The summed E-state index contributed by atoms with van der Waals surface area (Å²) in [7, 11) is 0. The molecule has 1 aromatic carbocycles. The molecule has 0 saturated heterocycles. The molecule has 4 aliphatic rings. The van der Waals surface area contributed by atoms with Crippen molar-refractivity contribution in [2.75, 3.05) is 6.61 Å². The lowest BCUT2D eigenvalue weighted by Gasteiger charge is -2.59. The Morgan fingerprint density at radius 1 is 1.06 bits per heavy atom. The minimum absolute atomic E-state index is 0.0292. The monoisotopic (exact) mass is 438 g/mol. The maximum Gasteiger partial charge on any atom is 0.162 e. The van der Waals surface area contributed by atoms with E-state index in [0.29, 0.717) is 36.6 Å². The Morgan fingerprint density at radius 2 is 1.84 bits per heavy atom. The molecule has 0 aromatic heterocycles. The van der Waals surface area contributed by atoms with Crippen LogP contribution >= 0.6 is 0 Å². The fourth-order valence-electron chi connectivity index (χ4n) is 8.52. The fraction of sp³-hybridized carbons (Fsp3) is 0.714. The van der Waals surface area contributed by atoms with Crippen LogP contribution in [0, 0.1) is 40.4 Å². The van der Waals surface area contributed by atoms with E-state index in [9.17, 15) is 14.7 Å². The van der Waals surface area contributed by atoms with Crippen molar-refractivity contribution in [2.24, 2.45) is 40.4 Å². The molecule has 0 radical (unpaired) electrons. The van der Waals surface area contributed by atoms with Gasteiger partial charge >= 0.3 is 0 Å². The van der Waals surface area contributed by atoms with E-state index in [-0.39, 0.29) is 41.2 Å². The lowest BCUT2D eigenvalue weighted by atomic mass is 9.44. The van der Waals surface area contributed by atoms with Gasteiger partial charge in [0.25, 0.3) is 0 Å². The third kappa shape index (κ3) is 3.58. The number of carbonyl (C=O) groups excluding carboxylic acids is 2. The van der Waals surface area contributed by atoms with Gasteiger partial charge in [-0.1, -0.05) is 44.2 Å². The van der Waals surface area contributed by atoms with Crippen molar-refractivity contribution in [1.82, 2.24) is 0 Å². The molecule has 0 bridgehead atoms. The summed E-state index contributed by atoms with van der Waals surface area (Å²) in [5.74, 6) is 1.95. The van der Waals surface area contributed by atoms with Crippen LogP contribution in [0.25, 0.3) is 0 Å². The Kier molecular flexibility index (Phi) is 5.82. The summed E-state index contributed by atoms with van der Waals surface area (Å²) in [6.45, 7) is 5.14. The maximum atomic E-state index is 13.7. The number of aliphatic hydroxyl groups is 1. The van der Waals surface area contributed by atoms with Crippen LogP contribution in [-0.4, -0.2) is 29.4 Å². The van der Waals surface area contributed by atoms with Crippen LogP contribution < -0.4 is 0 Å². The summed E-state index contributed by atoms with van der Waals surface area (Å²) >= 11 is 0. The molecule has 1 N–H and O–H groups in total. The standard InChI is InChI=1S/C28H38O4/c1-27-13-12-20(29)14-19(27)8-9-21-22-10-11-23(28(22,2)15-24(30)26(21)27)25(31)17-32-16-18-6-4-3-5-7-18/h3-7,19-23,26,29H,8-17H2,1-2H3/t19?,20?,21-,22-,23+,26+,27-,28-/m0/s1. The molecule has 1 aromatic rings. The molecular formula is C28H38O4. The van der Waals surface area contributed by atoms with Gasteiger partial charge in [-0.05, 0) is 79.1 Å². The average Bonchev–Trinajstić information content (AvgIpc) is 3.11. The summed E-state index contributed by atoms with van der Waals surface area (Å²) in [4.78, 5) is 26.9. The second-order valence-electron chi connectivity index (χ2n) is 11.7. The molecule has 0 aliphatic heterocycles. The number of aliphatic hydroxyl groups excluding tert-OH is 1. The van der Waals surface area contributed by atoms with E-state index < -0.39 is 0 Å². The van der Waals surface area contributed by atoms with Crippen LogP contribution in [0.15, 0.2) is 30.3 Å². The Hall–Kier alpha value is -1.52. The van der Waals surface area contributed by atoms with Crippen molar-refractivity contribution in [2.45, 2.75) is 77.9 Å². The van der Waals surface area contributed by atoms with E-state index in [1.54, 1.807) is 0 Å².